The van der Waals surface area contributed by atoms with Crippen molar-refractivity contribution >= 4 is 11.6 Å². The number of anilines is 1. The highest BCUT2D eigenvalue weighted by atomic mass is 19.1. The number of aromatic nitrogens is 3. The van der Waals surface area contributed by atoms with Gasteiger partial charge in [0.15, 0.2) is 5.82 Å². The number of halogens is 1. The quantitative estimate of drug-likeness (QED) is 0.800. The van der Waals surface area contributed by atoms with Crippen LogP contribution >= 0.6 is 0 Å². The van der Waals surface area contributed by atoms with E-state index in [2.05, 4.69) is 15.4 Å². The van der Waals surface area contributed by atoms with E-state index in [9.17, 15) is 9.18 Å². The van der Waals surface area contributed by atoms with E-state index in [-0.39, 0.29) is 11.7 Å². The average molecular weight is 326 g/mol. The van der Waals surface area contributed by atoms with Crippen LogP contribution in [0.25, 0.3) is 5.82 Å². The van der Waals surface area contributed by atoms with Crippen LogP contribution in [0, 0.1) is 12.7 Å². The Bertz CT molecular complexity index is 878. The molecule has 0 radical (unpaired) electrons. The van der Waals surface area contributed by atoms with E-state index in [1.165, 1.54) is 31.5 Å². The molecule has 0 bridgehead atoms. The number of rotatable bonds is 4. The van der Waals surface area contributed by atoms with Gasteiger partial charge in [0.1, 0.15) is 11.6 Å². The Morgan fingerprint density at radius 2 is 2.12 bits per heavy atom. The molecule has 6 nitrogen and oxygen atoms in total. The molecule has 1 aromatic carbocycles. The van der Waals surface area contributed by atoms with Crippen LogP contribution in [0.2, 0.25) is 0 Å². The minimum absolute atomic E-state index is 0.248. The van der Waals surface area contributed by atoms with Crippen LogP contribution in [0.5, 0.6) is 5.75 Å². The van der Waals surface area contributed by atoms with Crippen LogP contribution < -0.4 is 10.1 Å². The lowest BCUT2D eigenvalue weighted by Crippen LogP contribution is -2.14. The smallest absolute Gasteiger partial charge is 0.259 e. The average Bonchev–Trinajstić information content (AvgIpc) is 2.98. The third kappa shape index (κ3) is 2.96. The molecule has 122 valence electrons. The number of nitrogens with zero attached hydrogens (tertiary/aromatic N) is 3. The van der Waals surface area contributed by atoms with Gasteiger partial charge in [-0.3, -0.25) is 4.79 Å². The molecule has 0 saturated carbocycles. The van der Waals surface area contributed by atoms with Crippen molar-refractivity contribution in [1.29, 1.82) is 0 Å². The van der Waals surface area contributed by atoms with Gasteiger partial charge in [0.05, 0.1) is 30.3 Å². The molecule has 3 aromatic rings. The highest BCUT2D eigenvalue weighted by Crippen LogP contribution is 2.26. The molecule has 0 unspecified atom stereocenters. The number of nitrogens with one attached hydrogen (secondary N) is 1. The maximum atomic E-state index is 13.2. The van der Waals surface area contributed by atoms with Gasteiger partial charge in [-0.25, -0.2) is 14.1 Å². The van der Waals surface area contributed by atoms with Crippen molar-refractivity contribution in [3.05, 3.63) is 65.9 Å². The lowest BCUT2D eigenvalue weighted by atomic mass is 10.2. The SMILES string of the molecule is COc1cc(F)ccc1NC(=O)c1cnn(-c2ccccn2)c1C. The summed E-state index contributed by atoms with van der Waals surface area (Å²) in [6.07, 6.45) is 3.12. The Labute approximate surface area is 137 Å². The fourth-order valence-electron chi connectivity index (χ4n) is 2.30. The van der Waals surface area contributed by atoms with Crippen LogP contribution in [0.1, 0.15) is 16.1 Å². The van der Waals surface area contributed by atoms with Gasteiger partial charge in [0.2, 0.25) is 0 Å². The molecule has 0 fully saturated rings. The number of ether oxygens (including phenoxy) is 1. The molecule has 0 aliphatic carbocycles. The fraction of sp³-hybridized carbons (Fsp3) is 0.118. The third-order valence-electron chi connectivity index (χ3n) is 3.53. The first-order valence-electron chi connectivity index (χ1n) is 7.21. The molecule has 1 amide bonds. The summed E-state index contributed by atoms with van der Waals surface area (Å²) < 4.78 is 19.9. The zero-order chi connectivity index (χ0) is 17.1. The minimum atomic E-state index is -0.441. The molecule has 0 saturated heterocycles. The van der Waals surface area contributed by atoms with E-state index >= 15 is 0 Å². The van der Waals surface area contributed by atoms with E-state index in [0.29, 0.717) is 22.8 Å². The number of hydrogen-bond donors (Lipinski definition) is 1. The Hall–Kier alpha value is -3.22. The number of amides is 1. The largest absolute Gasteiger partial charge is 0.494 e. The molecule has 2 aromatic heterocycles. The van der Waals surface area contributed by atoms with E-state index in [4.69, 9.17) is 4.74 Å². The molecule has 3 rings (SSSR count). The van der Waals surface area contributed by atoms with Gasteiger partial charge in [0, 0.05) is 12.3 Å². The summed E-state index contributed by atoms with van der Waals surface area (Å²) in [5.74, 6) is 0.0649. The molecule has 0 aliphatic rings. The maximum absolute atomic E-state index is 13.2. The lowest BCUT2D eigenvalue weighted by molar-refractivity contribution is 0.102. The highest BCUT2D eigenvalue weighted by molar-refractivity contribution is 6.05. The second kappa shape index (κ2) is 6.49. The summed E-state index contributed by atoms with van der Waals surface area (Å²) in [5.41, 5.74) is 1.42. The zero-order valence-electron chi connectivity index (χ0n) is 13.2. The molecular weight excluding hydrogens is 311 g/mol. The molecule has 0 aliphatic heterocycles. The fourth-order valence-corrected chi connectivity index (χ4v) is 2.30. The van der Waals surface area contributed by atoms with Gasteiger partial charge in [-0.2, -0.15) is 5.10 Å². The van der Waals surface area contributed by atoms with Crippen molar-refractivity contribution in [2.75, 3.05) is 12.4 Å². The van der Waals surface area contributed by atoms with Gasteiger partial charge in [-0.05, 0) is 31.2 Å². The summed E-state index contributed by atoms with van der Waals surface area (Å²) in [6, 6.07) is 9.35. The Balaban J connectivity index is 1.88. The van der Waals surface area contributed by atoms with Crippen molar-refractivity contribution in [3.63, 3.8) is 0 Å². The topological polar surface area (TPSA) is 69.0 Å². The van der Waals surface area contributed by atoms with Crippen molar-refractivity contribution in [2.45, 2.75) is 6.92 Å². The van der Waals surface area contributed by atoms with Crippen molar-refractivity contribution < 1.29 is 13.9 Å². The maximum Gasteiger partial charge on any atom is 0.259 e. The summed E-state index contributed by atoms with van der Waals surface area (Å²) in [7, 11) is 1.41. The van der Waals surface area contributed by atoms with Crippen LogP contribution in [-0.4, -0.2) is 27.8 Å². The van der Waals surface area contributed by atoms with E-state index in [1.807, 2.05) is 6.07 Å². The Morgan fingerprint density at radius 3 is 2.83 bits per heavy atom. The number of benzene rings is 1. The molecular formula is C17H15FN4O2. The number of carbonyl (C=O) groups is 1. The van der Waals surface area contributed by atoms with E-state index in [1.54, 1.807) is 29.9 Å². The summed E-state index contributed by atoms with van der Waals surface area (Å²) in [4.78, 5) is 16.7. The summed E-state index contributed by atoms with van der Waals surface area (Å²) >= 11 is 0. The summed E-state index contributed by atoms with van der Waals surface area (Å²) in [5, 5.41) is 6.91. The number of hydrogen-bond acceptors (Lipinski definition) is 4. The molecule has 7 heteroatoms. The van der Waals surface area contributed by atoms with Gasteiger partial charge in [-0.15, -0.1) is 0 Å². The Morgan fingerprint density at radius 1 is 1.29 bits per heavy atom. The molecule has 1 N–H and O–H groups in total. The molecule has 0 spiro atoms. The minimum Gasteiger partial charge on any atom is -0.494 e. The molecule has 0 atom stereocenters. The number of pyridine rings is 1. The highest BCUT2D eigenvalue weighted by Gasteiger charge is 2.17. The predicted molar refractivity (Wildman–Crippen MR) is 87.0 cm³/mol. The van der Waals surface area contributed by atoms with E-state index in [0.717, 1.165) is 0 Å². The number of methoxy groups -OCH3 is 1. The van der Waals surface area contributed by atoms with Crippen molar-refractivity contribution in [3.8, 4) is 11.6 Å². The second-order valence-corrected chi connectivity index (χ2v) is 5.04. The lowest BCUT2D eigenvalue weighted by Gasteiger charge is -2.10. The van der Waals surface area contributed by atoms with Crippen molar-refractivity contribution in [1.82, 2.24) is 14.8 Å². The predicted octanol–water partition coefficient (Wildman–Crippen LogP) is 2.98. The standard InChI is InChI=1S/C17H15FN4O2/c1-11-13(10-20-22(11)16-5-3-4-8-19-16)17(23)21-14-7-6-12(18)9-15(14)24-2/h3-10H,1-2H3,(H,21,23). The monoisotopic (exact) mass is 326 g/mol. The molecule has 2 heterocycles. The first kappa shape index (κ1) is 15.7. The second-order valence-electron chi connectivity index (χ2n) is 5.04. The molecule has 24 heavy (non-hydrogen) atoms. The van der Waals surface area contributed by atoms with Crippen LogP contribution in [0.3, 0.4) is 0 Å². The van der Waals surface area contributed by atoms with E-state index < -0.39 is 5.82 Å². The van der Waals surface area contributed by atoms with Crippen LogP contribution in [0.4, 0.5) is 10.1 Å². The van der Waals surface area contributed by atoms with Gasteiger partial charge < -0.3 is 10.1 Å². The Kier molecular flexibility index (Phi) is 4.24. The van der Waals surface area contributed by atoms with Gasteiger partial charge in [0.25, 0.3) is 5.91 Å². The third-order valence-corrected chi connectivity index (χ3v) is 3.53. The number of carbonyl (C=O) groups excluding carboxylic acids is 1. The van der Waals surface area contributed by atoms with Gasteiger partial charge >= 0.3 is 0 Å². The zero-order valence-corrected chi connectivity index (χ0v) is 13.2. The normalized spacial score (nSPS) is 10.5. The van der Waals surface area contributed by atoms with Crippen LogP contribution in [0.15, 0.2) is 48.8 Å². The van der Waals surface area contributed by atoms with Crippen LogP contribution in [-0.2, 0) is 0 Å². The summed E-state index contributed by atoms with van der Waals surface area (Å²) in [6.45, 7) is 1.78. The van der Waals surface area contributed by atoms with Crippen molar-refractivity contribution in [2.24, 2.45) is 0 Å². The first-order valence-corrected chi connectivity index (χ1v) is 7.21. The first-order chi connectivity index (χ1) is 11.6. The van der Waals surface area contributed by atoms with Gasteiger partial charge in [-0.1, -0.05) is 6.07 Å².